The van der Waals surface area contributed by atoms with Crippen LogP contribution in [0, 0.1) is 17.7 Å². The maximum atomic E-state index is 11.8. The first-order valence-corrected chi connectivity index (χ1v) is 8.87. The van der Waals surface area contributed by atoms with Crippen LogP contribution in [0.15, 0.2) is 24.3 Å². The smallest absolute Gasteiger partial charge is 0.313 e. The van der Waals surface area contributed by atoms with Gasteiger partial charge in [-0.05, 0) is 24.5 Å². The third-order valence-corrected chi connectivity index (χ3v) is 4.62. The Kier molecular flexibility index (Phi) is 8.52. The van der Waals surface area contributed by atoms with Crippen molar-refractivity contribution >= 4 is 28.1 Å². The van der Waals surface area contributed by atoms with Crippen LogP contribution in [-0.4, -0.2) is 30.9 Å². The summed E-state index contributed by atoms with van der Waals surface area (Å²) in [6.45, 7) is 3.45. The molecular weight excluding hydrogens is 362 g/mol. The van der Waals surface area contributed by atoms with E-state index in [9.17, 15) is 17.8 Å². The molecule has 0 aliphatic carbocycles. The van der Waals surface area contributed by atoms with Crippen molar-refractivity contribution in [2.45, 2.75) is 31.6 Å². The number of benzene rings is 1. The number of hydrogen-bond donors (Lipinski definition) is 8. The number of carbonyl (C=O) groups is 1. The fourth-order valence-electron chi connectivity index (χ4n) is 2.32. The fraction of sp³-hybridized carbons (Fsp3) is 0.357. The molecule has 26 heavy (non-hydrogen) atoms. The third-order valence-electron chi connectivity index (χ3n) is 3.22. The standard InChI is InChI=1S/C12H18N2O4S.C2H7N5/c1-3-8-12(14-11(13)15,19(16,17)18)10-7-5-4-6-9(10)2;3-1(4)7-2(5)6/h4-7H,3,8H2,1-2H3,(H3,13,14,15)(H,16,17,18);(H7,3,4,5,6,7). The van der Waals surface area contributed by atoms with Gasteiger partial charge in [0.05, 0.1) is 0 Å². The summed E-state index contributed by atoms with van der Waals surface area (Å²) in [5, 5.41) is 17.2. The summed E-state index contributed by atoms with van der Waals surface area (Å²) >= 11 is 0. The van der Waals surface area contributed by atoms with Gasteiger partial charge in [-0.3, -0.25) is 20.7 Å². The number of rotatable bonds is 5. The Balaban J connectivity index is 0.000000758. The molecule has 0 saturated carbocycles. The van der Waals surface area contributed by atoms with E-state index in [1.54, 1.807) is 38.1 Å². The molecule has 0 aliphatic rings. The largest absolute Gasteiger partial charge is 0.370 e. The van der Waals surface area contributed by atoms with Gasteiger partial charge >= 0.3 is 6.03 Å². The highest BCUT2D eigenvalue weighted by molar-refractivity contribution is 7.86. The number of amides is 2. The van der Waals surface area contributed by atoms with Crippen LogP contribution in [0.5, 0.6) is 0 Å². The van der Waals surface area contributed by atoms with Gasteiger partial charge in [0.25, 0.3) is 10.1 Å². The molecule has 0 aromatic heterocycles. The van der Waals surface area contributed by atoms with Gasteiger partial charge in [0.1, 0.15) is 0 Å². The molecule has 0 saturated heterocycles. The van der Waals surface area contributed by atoms with Gasteiger partial charge in [-0.15, -0.1) is 0 Å². The second-order valence-electron chi connectivity index (χ2n) is 5.31. The van der Waals surface area contributed by atoms with Crippen molar-refractivity contribution in [1.29, 1.82) is 10.8 Å². The van der Waals surface area contributed by atoms with Gasteiger partial charge < -0.3 is 22.5 Å². The van der Waals surface area contributed by atoms with E-state index in [-0.39, 0.29) is 18.3 Å². The number of nitrogens with one attached hydrogen (secondary N) is 4. The molecule has 0 aliphatic heterocycles. The summed E-state index contributed by atoms with van der Waals surface area (Å²) in [6, 6.07) is 5.63. The molecule has 0 fully saturated rings. The Morgan fingerprint density at radius 3 is 2.00 bits per heavy atom. The summed E-state index contributed by atoms with van der Waals surface area (Å²) in [5.41, 5.74) is 15.5. The highest BCUT2D eigenvalue weighted by atomic mass is 32.2. The van der Waals surface area contributed by atoms with Gasteiger partial charge in [0, 0.05) is 0 Å². The zero-order chi connectivity index (χ0) is 20.5. The Labute approximate surface area is 152 Å². The van der Waals surface area contributed by atoms with Crippen LogP contribution in [0.4, 0.5) is 4.79 Å². The molecule has 146 valence electrons. The van der Waals surface area contributed by atoms with Crippen LogP contribution in [0.1, 0.15) is 30.9 Å². The minimum absolute atomic E-state index is 0.0274. The molecule has 1 rings (SSSR count). The van der Waals surface area contributed by atoms with Gasteiger partial charge in [0.15, 0.2) is 16.8 Å². The maximum absolute atomic E-state index is 11.8. The second-order valence-corrected chi connectivity index (χ2v) is 6.96. The molecule has 1 aromatic carbocycles. The number of guanidine groups is 2. The lowest BCUT2D eigenvalue weighted by Gasteiger charge is -2.32. The number of primary amides is 1. The van der Waals surface area contributed by atoms with Crippen LogP contribution in [0.3, 0.4) is 0 Å². The molecule has 11 nitrogen and oxygen atoms in total. The first-order valence-electron chi connectivity index (χ1n) is 7.43. The van der Waals surface area contributed by atoms with Crippen molar-refractivity contribution in [2.75, 3.05) is 0 Å². The lowest BCUT2D eigenvalue weighted by atomic mass is 9.97. The first kappa shape index (κ1) is 23.1. The molecule has 2 amide bonds. The van der Waals surface area contributed by atoms with E-state index in [1.807, 2.05) is 5.32 Å². The van der Waals surface area contributed by atoms with Crippen LogP contribution < -0.4 is 27.8 Å². The molecule has 11 N–H and O–H groups in total. The van der Waals surface area contributed by atoms with Crippen molar-refractivity contribution in [3.8, 4) is 0 Å². The number of hydrogen-bond acceptors (Lipinski definition) is 5. The molecule has 12 heteroatoms. The van der Waals surface area contributed by atoms with Gasteiger partial charge in [0.2, 0.25) is 0 Å². The van der Waals surface area contributed by atoms with Gasteiger partial charge in [-0.25, -0.2) is 4.79 Å². The van der Waals surface area contributed by atoms with E-state index >= 15 is 0 Å². The van der Waals surface area contributed by atoms with Crippen molar-refractivity contribution in [1.82, 2.24) is 10.6 Å². The van der Waals surface area contributed by atoms with Gasteiger partial charge in [-0.2, -0.15) is 8.42 Å². The molecule has 1 aromatic rings. The monoisotopic (exact) mass is 387 g/mol. The van der Waals surface area contributed by atoms with E-state index in [0.29, 0.717) is 17.5 Å². The van der Waals surface area contributed by atoms with Crippen LogP contribution in [-0.2, 0) is 15.0 Å². The number of urea groups is 1. The highest BCUT2D eigenvalue weighted by Gasteiger charge is 2.45. The van der Waals surface area contributed by atoms with E-state index in [0.717, 1.165) is 0 Å². The first-order chi connectivity index (χ1) is 11.9. The Hall–Kier alpha value is -2.86. The Morgan fingerprint density at radius 2 is 1.69 bits per heavy atom. The lowest BCUT2D eigenvalue weighted by Crippen LogP contribution is -2.53. The van der Waals surface area contributed by atoms with E-state index < -0.39 is 21.0 Å². The number of carbonyl (C=O) groups excluding carboxylic acids is 1. The van der Waals surface area contributed by atoms with Crippen LogP contribution in [0.25, 0.3) is 0 Å². The van der Waals surface area contributed by atoms with Crippen molar-refractivity contribution in [2.24, 2.45) is 17.2 Å². The average molecular weight is 387 g/mol. The fourth-order valence-corrected chi connectivity index (χ4v) is 3.52. The van der Waals surface area contributed by atoms with Crippen molar-refractivity contribution < 1.29 is 17.8 Å². The maximum Gasteiger partial charge on any atom is 0.313 e. The summed E-state index contributed by atoms with van der Waals surface area (Å²) < 4.78 is 33.2. The minimum atomic E-state index is -4.57. The minimum Gasteiger partial charge on any atom is -0.370 e. The SMILES string of the molecule is CCCC(NC(N)=O)(c1ccccc1C)S(=O)(=O)O.N=C(N)NC(=N)N. The highest BCUT2D eigenvalue weighted by Crippen LogP contribution is 2.34. The van der Waals surface area contributed by atoms with Crippen LogP contribution >= 0.6 is 0 Å². The Morgan fingerprint density at radius 1 is 1.19 bits per heavy atom. The molecule has 0 radical (unpaired) electrons. The van der Waals surface area contributed by atoms with Crippen molar-refractivity contribution in [3.05, 3.63) is 35.4 Å². The average Bonchev–Trinajstić information content (AvgIpc) is 2.44. The quantitative estimate of drug-likeness (QED) is 0.194. The summed E-state index contributed by atoms with van der Waals surface area (Å²) in [5.74, 6) is -0.625. The number of aryl methyl sites for hydroxylation is 1. The molecular formula is C14H25N7O4S. The normalized spacial score (nSPS) is 12.7. The molecule has 1 unspecified atom stereocenters. The molecule has 0 heterocycles. The van der Waals surface area contributed by atoms with Crippen LogP contribution in [0.2, 0.25) is 0 Å². The predicted molar refractivity (Wildman–Crippen MR) is 99.0 cm³/mol. The summed E-state index contributed by atoms with van der Waals surface area (Å²) in [4.78, 5) is 9.25. The van der Waals surface area contributed by atoms with Gasteiger partial charge in [-0.1, -0.05) is 37.6 Å². The molecule has 1 atom stereocenters. The van der Waals surface area contributed by atoms with E-state index in [4.69, 9.17) is 28.0 Å². The predicted octanol–water partition coefficient (Wildman–Crippen LogP) is -0.133. The topological polar surface area (TPSA) is 221 Å². The second kappa shape index (κ2) is 9.58. The lowest BCUT2D eigenvalue weighted by molar-refractivity contribution is 0.238. The summed E-state index contributed by atoms with van der Waals surface area (Å²) in [6.07, 6.45) is 0.466. The molecule has 0 bridgehead atoms. The zero-order valence-electron chi connectivity index (χ0n) is 14.5. The Bertz CT molecular complexity index is 754. The third kappa shape index (κ3) is 6.57. The molecule has 0 spiro atoms. The zero-order valence-corrected chi connectivity index (χ0v) is 15.4. The van der Waals surface area contributed by atoms with E-state index in [1.165, 1.54) is 0 Å². The summed E-state index contributed by atoms with van der Waals surface area (Å²) in [7, 11) is -4.57. The number of nitrogens with two attached hydrogens (primary N) is 3. The van der Waals surface area contributed by atoms with Crippen molar-refractivity contribution in [3.63, 3.8) is 0 Å². The van der Waals surface area contributed by atoms with E-state index in [2.05, 4.69) is 5.32 Å².